The number of fused-ring (bicyclic) bond motifs is 2. The van der Waals surface area contributed by atoms with Crippen LogP contribution in [0, 0.1) is 3.57 Å². The minimum Gasteiger partial charge on any atom is -0.0937 e. The van der Waals surface area contributed by atoms with Gasteiger partial charge in [0.1, 0.15) is 0 Å². The molecule has 0 atom stereocenters. The molecule has 102 valence electrons. The van der Waals surface area contributed by atoms with E-state index in [4.69, 9.17) is 0 Å². The molecule has 3 aromatic carbocycles. The Bertz CT molecular complexity index is 889. The maximum Gasteiger partial charge on any atom is 0.0287 e. The van der Waals surface area contributed by atoms with E-state index in [0.717, 1.165) is 0 Å². The maximum absolute atomic E-state index is 2.48. The first-order chi connectivity index (χ1) is 10.4. The van der Waals surface area contributed by atoms with E-state index in [1.807, 2.05) is 0 Å². The molecule has 0 nitrogen and oxygen atoms in total. The second-order valence-corrected chi connectivity index (χ2v) is 8.18. The Balaban J connectivity index is 2.25. The van der Waals surface area contributed by atoms with Crippen molar-refractivity contribution in [1.29, 1.82) is 0 Å². The van der Waals surface area contributed by atoms with Gasteiger partial charge in [0.2, 0.25) is 0 Å². The summed E-state index contributed by atoms with van der Waals surface area (Å²) in [5.74, 6) is 0. The summed E-state index contributed by atoms with van der Waals surface area (Å²) < 4.78 is 6.03. The fourth-order valence-corrected chi connectivity index (χ4v) is 5.23. The Morgan fingerprint density at radius 2 is 1.33 bits per heavy atom. The molecule has 0 bridgehead atoms. The van der Waals surface area contributed by atoms with Crippen LogP contribution in [0.1, 0.15) is 5.56 Å². The summed E-state index contributed by atoms with van der Waals surface area (Å²) >= 11 is 2.60. The summed E-state index contributed by atoms with van der Waals surface area (Å²) in [7, 11) is 0. The van der Waals surface area contributed by atoms with Crippen molar-refractivity contribution in [2.45, 2.75) is 0 Å². The number of benzene rings is 3. The van der Waals surface area contributed by atoms with Crippen molar-refractivity contribution >= 4 is 74.5 Å². The Morgan fingerprint density at radius 1 is 0.762 bits per heavy atom. The molecule has 4 rings (SSSR count). The molecule has 0 aromatic heterocycles. The molecule has 21 heavy (non-hydrogen) atoms. The number of hydrogen-bond acceptors (Lipinski definition) is 0. The number of hydrogen-bond donors (Lipinski definition) is 0. The number of halogens is 2. The highest BCUT2D eigenvalue weighted by Crippen LogP contribution is 2.38. The van der Waals surface area contributed by atoms with Crippen LogP contribution in [-0.2, 0) is 0 Å². The first-order valence-electron chi connectivity index (χ1n) is 6.77. The van der Waals surface area contributed by atoms with E-state index in [1.54, 1.807) is 0 Å². The van der Waals surface area contributed by atoms with Gasteiger partial charge in [-0.25, -0.2) is 0 Å². The molecule has 0 saturated heterocycles. The van der Waals surface area contributed by atoms with Gasteiger partial charge in [0, 0.05) is 3.57 Å². The van der Waals surface area contributed by atoms with Crippen molar-refractivity contribution in [3.8, 4) is 0 Å². The minimum absolute atomic E-state index is 0.118. The molecule has 1 aliphatic rings. The van der Waals surface area contributed by atoms with Gasteiger partial charge in [0.15, 0.2) is 0 Å². The van der Waals surface area contributed by atoms with Gasteiger partial charge in [-0.1, -0.05) is 69.3 Å². The van der Waals surface area contributed by atoms with Crippen molar-refractivity contribution < 1.29 is 0 Å². The molecular formula is C19H12I2. The highest BCUT2D eigenvalue weighted by atomic mass is 127. The van der Waals surface area contributed by atoms with E-state index >= 15 is 0 Å². The Morgan fingerprint density at radius 3 is 1.86 bits per heavy atom. The lowest BCUT2D eigenvalue weighted by atomic mass is 9.92. The van der Waals surface area contributed by atoms with Crippen molar-refractivity contribution in [3.05, 3.63) is 73.9 Å². The zero-order chi connectivity index (χ0) is 14.2. The van der Waals surface area contributed by atoms with Crippen LogP contribution in [0.4, 0.5) is 0 Å². The summed E-state index contributed by atoms with van der Waals surface area (Å²) in [6.07, 6.45) is 4.60. The second kappa shape index (κ2) is 5.65. The molecule has 1 heterocycles. The van der Waals surface area contributed by atoms with E-state index < -0.39 is 0 Å². The highest BCUT2D eigenvalue weighted by Gasteiger charge is 2.13. The van der Waals surface area contributed by atoms with Gasteiger partial charge < -0.3 is 0 Å². The first kappa shape index (κ1) is 13.6. The van der Waals surface area contributed by atoms with Gasteiger partial charge in [-0.15, -0.1) is 0 Å². The summed E-state index contributed by atoms with van der Waals surface area (Å²) in [5.41, 5.74) is 2.71. The quantitative estimate of drug-likeness (QED) is 0.276. The second-order valence-electron chi connectivity index (χ2n) is 4.95. The van der Waals surface area contributed by atoms with Crippen molar-refractivity contribution in [3.63, 3.8) is 0 Å². The maximum atomic E-state index is 2.48. The largest absolute Gasteiger partial charge is 0.0937 e. The molecule has 1 aliphatic heterocycles. The lowest BCUT2D eigenvalue weighted by Gasteiger charge is -2.15. The Kier molecular flexibility index (Phi) is 3.67. The van der Waals surface area contributed by atoms with Crippen molar-refractivity contribution in [2.75, 3.05) is 0 Å². The van der Waals surface area contributed by atoms with E-state index in [0.29, 0.717) is 0 Å². The van der Waals surface area contributed by atoms with Crippen LogP contribution in [-0.4, -0.2) is 4.01 Å². The third-order valence-corrected chi connectivity index (χ3v) is 6.50. The molecular weight excluding hydrogens is 482 g/mol. The Hall–Kier alpha value is -1.01. The van der Waals surface area contributed by atoms with Gasteiger partial charge in [-0.2, -0.15) is 0 Å². The zero-order valence-electron chi connectivity index (χ0n) is 11.2. The van der Waals surface area contributed by atoms with Crippen molar-refractivity contribution in [1.82, 2.24) is 0 Å². The molecule has 2 heteroatoms. The normalized spacial score (nSPS) is 14.2. The van der Waals surface area contributed by atoms with E-state index in [9.17, 15) is 0 Å². The standard InChI is InChI=1S/C19H12I2/c20-19-16-7-3-1-5-14(16)18(13-9-11-21-12-10-13)15-6-2-4-8-17(15)19/h1-12H. The smallest absolute Gasteiger partial charge is 0.0287 e. The summed E-state index contributed by atoms with van der Waals surface area (Å²) in [5, 5.41) is 5.40. The van der Waals surface area contributed by atoms with Crippen molar-refractivity contribution in [2.24, 2.45) is 0 Å². The van der Waals surface area contributed by atoms with Crippen LogP contribution >= 0.6 is 43.3 Å². The third kappa shape index (κ3) is 2.28. The fraction of sp³-hybridized carbons (Fsp3) is 0. The molecule has 0 saturated carbocycles. The lowest BCUT2D eigenvalue weighted by Crippen LogP contribution is -1.92. The van der Waals surface area contributed by atoms with Crippen LogP contribution in [0.3, 0.4) is 0 Å². The average molecular weight is 494 g/mol. The van der Waals surface area contributed by atoms with Gasteiger partial charge in [-0.05, 0) is 75.5 Å². The fourth-order valence-electron chi connectivity index (χ4n) is 2.86. The number of allylic oxidation sites excluding steroid dienone is 3. The minimum atomic E-state index is 0.118. The predicted molar refractivity (Wildman–Crippen MR) is 111 cm³/mol. The van der Waals surface area contributed by atoms with Crippen LogP contribution < -0.4 is 0 Å². The summed E-state index contributed by atoms with van der Waals surface area (Å²) in [6.45, 7) is 0. The average Bonchev–Trinajstić information content (AvgIpc) is 2.56. The third-order valence-electron chi connectivity index (χ3n) is 3.79. The van der Waals surface area contributed by atoms with Gasteiger partial charge in [0.25, 0.3) is 0 Å². The van der Waals surface area contributed by atoms with E-state index in [1.165, 1.54) is 36.3 Å². The van der Waals surface area contributed by atoms with E-state index in [-0.39, 0.29) is 20.7 Å². The van der Waals surface area contributed by atoms with Crippen LogP contribution in [0.5, 0.6) is 0 Å². The molecule has 0 unspecified atom stereocenters. The summed E-state index contributed by atoms with van der Waals surface area (Å²) in [4.78, 5) is 0. The number of rotatable bonds is 1. The van der Waals surface area contributed by atoms with Gasteiger partial charge >= 0.3 is 0 Å². The topological polar surface area (TPSA) is 0 Å². The van der Waals surface area contributed by atoms with Crippen LogP contribution in [0.25, 0.3) is 27.1 Å². The molecule has 3 aromatic rings. The molecule has 0 N–H and O–H groups in total. The molecule has 0 spiro atoms. The van der Waals surface area contributed by atoms with Gasteiger partial charge in [0.05, 0.1) is 0 Å². The van der Waals surface area contributed by atoms with E-state index in [2.05, 4.69) is 91.4 Å². The monoisotopic (exact) mass is 494 g/mol. The van der Waals surface area contributed by atoms with Gasteiger partial charge in [-0.3, -0.25) is 0 Å². The SMILES string of the molecule is Ic1c2ccccc2c(C2=CC=IC=C2)c2ccccc12. The Labute approximate surface area is 147 Å². The van der Waals surface area contributed by atoms with Crippen LogP contribution in [0.2, 0.25) is 0 Å². The molecule has 0 amide bonds. The molecule has 0 radical (unpaired) electrons. The predicted octanol–water partition coefficient (Wildman–Crippen LogP) is 6.28. The highest BCUT2D eigenvalue weighted by molar-refractivity contribution is 14.2. The molecule has 0 aliphatic carbocycles. The zero-order valence-corrected chi connectivity index (χ0v) is 15.5. The van der Waals surface area contributed by atoms with Crippen LogP contribution in [0.15, 0.2) is 64.8 Å². The molecule has 0 fully saturated rings. The summed E-state index contributed by atoms with van der Waals surface area (Å²) in [6, 6.07) is 17.5. The first-order valence-corrected chi connectivity index (χ1v) is 10.3. The lowest BCUT2D eigenvalue weighted by molar-refractivity contribution is 1.70.